The summed E-state index contributed by atoms with van der Waals surface area (Å²) in [7, 11) is -4.44. The Balaban J connectivity index is 0.00000364. The third-order valence-electron chi connectivity index (χ3n) is 4.99. The second-order valence-corrected chi connectivity index (χ2v) is 8.55. The van der Waals surface area contributed by atoms with Gasteiger partial charge in [0.15, 0.2) is 0 Å². The van der Waals surface area contributed by atoms with Crippen molar-refractivity contribution in [3.63, 3.8) is 0 Å². The number of unbranched alkanes of at least 4 members (excludes halogenated alkanes) is 9. The predicted octanol–water partition coefficient (Wildman–Crippen LogP) is 3.21. The summed E-state index contributed by atoms with van der Waals surface area (Å²) in [5.74, 6) is 0. The monoisotopic (exact) mass is 398 g/mol. The first-order valence-electron chi connectivity index (χ1n) is 10.00. The van der Waals surface area contributed by atoms with Gasteiger partial charge in [-0.1, -0.05) is 89.0 Å². The van der Waals surface area contributed by atoms with Crippen molar-refractivity contribution in [1.82, 2.24) is 0 Å². The van der Waals surface area contributed by atoms with E-state index in [-0.39, 0.29) is 34.5 Å². The molecular formula is C22H31NaO3S. The molecule has 0 saturated heterocycles. The third-order valence-corrected chi connectivity index (χ3v) is 5.89. The van der Waals surface area contributed by atoms with Gasteiger partial charge in [0.2, 0.25) is 0 Å². The number of hydrogen-bond acceptors (Lipinski definition) is 3. The molecule has 0 spiro atoms. The van der Waals surface area contributed by atoms with Crippen LogP contribution < -0.4 is 29.6 Å². The van der Waals surface area contributed by atoms with Crippen LogP contribution in [-0.2, 0) is 16.5 Å². The molecule has 2 rings (SSSR count). The summed E-state index contributed by atoms with van der Waals surface area (Å²) in [6, 6.07) is 10.7. The van der Waals surface area contributed by atoms with Gasteiger partial charge in [0.05, 0.1) is 4.90 Å². The second kappa shape index (κ2) is 12.9. The third kappa shape index (κ3) is 8.66. The van der Waals surface area contributed by atoms with Crippen LogP contribution in [-0.4, -0.2) is 13.0 Å². The van der Waals surface area contributed by atoms with Gasteiger partial charge in [-0.25, -0.2) is 8.42 Å². The summed E-state index contributed by atoms with van der Waals surface area (Å²) in [6.45, 7) is 2.25. The fraction of sp³-hybridized carbons (Fsp3) is 0.545. The molecule has 5 heteroatoms. The molecule has 27 heavy (non-hydrogen) atoms. The Morgan fingerprint density at radius 2 is 1.41 bits per heavy atom. The number of rotatable bonds is 12. The average molecular weight is 399 g/mol. The molecule has 0 aliphatic heterocycles. The zero-order valence-electron chi connectivity index (χ0n) is 16.9. The summed E-state index contributed by atoms with van der Waals surface area (Å²) in [6.07, 6.45) is 13.9. The number of fused-ring (bicyclic) bond motifs is 1. The fourth-order valence-corrected chi connectivity index (χ4v) is 4.17. The van der Waals surface area contributed by atoms with E-state index >= 15 is 0 Å². The first kappa shape index (κ1) is 24.6. The number of aryl methyl sites for hydroxylation is 1. The largest absolute Gasteiger partial charge is 1.00 e. The van der Waals surface area contributed by atoms with E-state index in [1.54, 1.807) is 6.07 Å². The smallest absolute Gasteiger partial charge is 0.744 e. The molecule has 3 nitrogen and oxygen atoms in total. The molecule has 0 aromatic heterocycles. The van der Waals surface area contributed by atoms with Gasteiger partial charge in [-0.15, -0.1) is 0 Å². The molecule has 0 amide bonds. The van der Waals surface area contributed by atoms with Crippen LogP contribution in [0.3, 0.4) is 0 Å². The molecule has 0 aliphatic carbocycles. The van der Waals surface area contributed by atoms with E-state index in [0.717, 1.165) is 23.8 Å². The van der Waals surface area contributed by atoms with Crippen molar-refractivity contribution in [3.8, 4) is 0 Å². The Labute approximate surface area is 187 Å². The molecule has 0 heterocycles. The minimum Gasteiger partial charge on any atom is -0.744 e. The zero-order valence-corrected chi connectivity index (χ0v) is 19.7. The first-order valence-corrected chi connectivity index (χ1v) is 11.4. The molecule has 0 aliphatic rings. The molecule has 0 fully saturated rings. The minimum atomic E-state index is -4.44. The van der Waals surface area contributed by atoms with Gasteiger partial charge in [-0.2, -0.15) is 0 Å². The van der Waals surface area contributed by atoms with Gasteiger partial charge < -0.3 is 4.55 Å². The maximum absolute atomic E-state index is 11.4. The van der Waals surface area contributed by atoms with Crippen LogP contribution in [0, 0.1) is 0 Å². The molecule has 0 saturated carbocycles. The molecule has 0 unspecified atom stereocenters. The molecule has 0 bridgehead atoms. The minimum absolute atomic E-state index is 0. The van der Waals surface area contributed by atoms with E-state index in [1.165, 1.54) is 63.9 Å². The Kier molecular flexibility index (Phi) is 11.8. The van der Waals surface area contributed by atoms with E-state index in [4.69, 9.17) is 0 Å². The zero-order chi connectivity index (χ0) is 18.8. The van der Waals surface area contributed by atoms with Crippen molar-refractivity contribution in [1.29, 1.82) is 0 Å². The maximum atomic E-state index is 11.4. The summed E-state index contributed by atoms with van der Waals surface area (Å²) in [5.41, 5.74) is 1.10. The van der Waals surface area contributed by atoms with Crippen LogP contribution in [0.1, 0.15) is 76.7 Å². The van der Waals surface area contributed by atoms with Gasteiger partial charge in [0.1, 0.15) is 10.1 Å². The van der Waals surface area contributed by atoms with Gasteiger partial charge >= 0.3 is 29.6 Å². The van der Waals surface area contributed by atoms with Crippen LogP contribution in [0.5, 0.6) is 0 Å². The summed E-state index contributed by atoms with van der Waals surface area (Å²) in [5, 5.41) is 1.35. The van der Waals surface area contributed by atoms with Crippen molar-refractivity contribution in [2.75, 3.05) is 0 Å². The number of hydrogen-bond donors (Lipinski definition) is 0. The van der Waals surface area contributed by atoms with Crippen molar-refractivity contribution < 1.29 is 42.5 Å². The Morgan fingerprint density at radius 1 is 0.815 bits per heavy atom. The van der Waals surface area contributed by atoms with Gasteiger partial charge in [-0.3, -0.25) is 0 Å². The van der Waals surface area contributed by atoms with Crippen molar-refractivity contribution >= 4 is 20.9 Å². The van der Waals surface area contributed by atoms with Gasteiger partial charge in [-0.05, 0) is 41.3 Å². The fourth-order valence-electron chi connectivity index (χ4n) is 3.48. The molecule has 2 aromatic carbocycles. The molecule has 144 valence electrons. The Morgan fingerprint density at radius 3 is 2.00 bits per heavy atom. The van der Waals surface area contributed by atoms with Gasteiger partial charge in [0, 0.05) is 0 Å². The Bertz CT molecular complexity index is 787. The average Bonchev–Trinajstić information content (AvgIpc) is 2.62. The summed E-state index contributed by atoms with van der Waals surface area (Å²) in [4.78, 5) is -0.111. The van der Waals surface area contributed by atoms with E-state index in [1.807, 2.05) is 24.3 Å². The van der Waals surface area contributed by atoms with Crippen LogP contribution in [0.15, 0.2) is 41.3 Å². The maximum Gasteiger partial charge on any atom is 1.00 e. The normalized spacial score (nSPS) is 11.5. The second-order valence-electron chi connectivity index (χ2n) is 7.20. The predicted molar refractivity (Wildman–Crippen MR) is 107 cm³/mol. The first-order chi connectivity index (χ1) is 12.5. The van der Waals surface area contributed by atoms with Crippen LogP contribution in [0.2, 0.25) is 0 Å². The summed E-state index contributed by atoms with van der Waals surface area (Å²) < 4.78 is 34.3. The Hall–Kier alpha value is -0.390. The molecular weight excluding hydrogens is 367 g/mol. The van der Waals surface area contributed by atoms with E-state index in [2.05, 4.69) is 6.92 Å². The SMILES string of the molecule is CCCCCCCCCCCCc1ccc2cccc(S(=O)(=O)[O-])c2c1.[Na+]. The van der Waals surface area contributed by atoms with Crippen molar-refractivity contribution in [2.24, 2.45) is 0 Å². The summed E-state index contributed by atoms with van der Waals surface area (Å²) >= 11 is 0. The molecule has 0 radical (unpaired) electrons. The van der Waals surface area contributed by atoms with E-state index in [9.17, 15) is 13.0 Å². The van der Waals surface area contributed by atoms with Crippen molar-refractivity contribution in [2.45, 2.75) is 82.4 Å². The van der Waals surface area contributed by atoms with Crippen LogP contribution >= 0.6 is 0 Å². The molecule has 0 N–H and O–H groups in total. The standard InChI is InChI=1S/C22H32O3S.Na/c1-2-3-4-5-6-7-8-9-10-11-13-19-16-17-20-14-12-15-22(21(20)18-19)26(23,24)25;/h12,14-18H,2-11,13H2,1H3,(H,23,24,25);/q;+1/p-1. The molecule has 2 aromatic rings. The molecule has 0 atom stereocenters. The van der Waals surface area contributed by atoms with Crippen LogP contribution in [0.4, 0.5) is 0 Å². The van der Waals surface area contributed by atoms with Crippen LogP contribution in [0.25, 0.3) is 10.8 Å². The number of benzene rings is 2. The van der Waals surface area contributed by atoms with Gasteiger partial charge in [0.25, 0.3) is 0 Å². The van der Waals surface area contributed by atoms with E-state index < -0.39 is 10.1 Å². The quantitative estimate of drug-likeness (QED) is 0.313. The van der Waals surface area contributed by atoms with E-state index in [0.29, 0.717) is 5.39 Å². The van der Waals surface area contributed by atoms with Crippen molar-refractivity contribution in [3.05, 3.63) is 42.0 Å². The topological polar surface area (TPSA) is 57.2 Å².